The zero-order chi connectivity index (χ0) is 20.0. The molecule has 0 spiro atoms. The fourth-order valence-electron chi connectivity index (χ4n) is 3.90. The van der Waals surface area contributed by atoms with Crippen molar-refractivity contribution in [2.75, 3.05) is 10.2 Å². The fourth-order valence-corrected chi connectivity index (χ4v) is 3.90. The lowest BCUT2D eigenvalue weighted by atomic mass is 10.0. The molecule has 4 nitrogen and oxygen atoms in total. The van der Waals surface area contributed by atoms with Crippen LogP contribution in [0.1, 0.15) is 22.6 Å². The van der Waals surface area contributed by atoms with Gasteiger partial charge < -0.3 is 10.2 Å². The van der Waals surface area contributed by atoms with Crippen LogP contribution < -0.4 is 10.2 Å². The number of fused-ring (bicyclic) bond motifs is 2. The summed E-state index contributed by atoms with van der Waals surface area (Å²) in [6.45, 7) is 1.34. The van der Waals surface area contributed by atoms with E-state index in [0.717, 1.165) is 0 Å². The molecule has 3 aromatic carbocycles. The van der Waals surface area contributed by atoms with Crippen molar-refractivity contribution >= 4 is 29.2 Å². The molecule has 2 heterocycles. The number of halogens is 2. The Bertz CT molecular complexity index is 1130. The minimum Gasteiger partial charge on any atom is -0.360 e. The van der Waals surface area contributed by atoms with E-state index in [4.69, 9.17) is 0 Å². The summed E-state index contributed by atoms with van der Waals surface area (Å²) in [5.74, 6) is -1.67. The topological polar surface area (TPSA) is 44.7 Å². The van der Waals surface area contributed by atoms with E-state index in [-0.39, 0.29) is 11.7 Å². The number of hydrogen-bond donors (Lipinski definition) is 1. The normalized spacial score (nSPS) is 17.5. The van der Waals surface area contributed by atoms with E-state index >= 15 is 0 Å². The Hall–Kier alpha value is -3.54. The van der Waals surface area contributed by atoms with Gasteiger partial charge in [-0.3, -0.25) is 9.79 Å². The van der Waals surface area contributed by atoms with Crippen molar-refractivity contribution in [1.29, 1.82) is 0 Å². The summed E-state index contributed by atoms with van der Waals surface area (Å²) in [4.78, 5) is 18.4. The van der Waals surface area contributed by atoms with E-state index in [1.54, 1.807) is 18.2 Å². The Morgan fingerprint density at radius 2 is 1.76 bits per heavy atom. The first-order valence-corrected chi connectivity index (χ1v) is 9.34. The summed E-state index contributed by atoms with van der Waals surface area (Å²) >= 11 is 0. The number of carbonyl (C=O) groups excluding carboxylic acids is 1. The van der Waals surface area contributed by atoms with Crippen LogP contribution in [0, 0.1) is 11.6 Å². The summed E-state index contributed by atoms with van der Waals surface area (Å²) in [6, 6.07) is 17.1. The molecule has 0 saturated heterocycles. The lowest BCUT2D eigenvalue weighted by Gasteiger charge is -2.18. The molecular weight excluding hydrogens is 372 g/mol. The zero-order valence-corrected chi connectivity index (χ0v) is 15.4. The van der Waals surface area contributed by atoms with Crippen molar-refractivity contribution < 1.29 is 13.6 Å². The molecule has 0 aromatic heterocycles. The molecule has 0 radical (unpaired) electrons. The fraction of sp³-hybridized carbons (Fsp3) is 0.130. The van der Waals surface area contributed by atoms with Gasteiger partial charge in [0.1, 0.15) is 17.6 Å². The Labute approximate surface area is 166 Å². The van der Waals surface area contributed by atoms with Gasteiger partial charge in [0.15, 0.2) is 0 Å². The highest BCUT2D eigenvalue weighted by Crippen LogP contribution is 2.34. The average Bonchev–Trinajstić information content (AvgIpc) is 3.26. The van der Waals surface area contributed by atoms with Crippen LogP contribution in [0.15, 0.2) is 65.7 Å². The molecule has 5 rings (SSSR count). The van der Waals surface area contributed by atoms with Crippen LogP contribution in [-0.2, 0) is 17.9 Å². The van der Waals surface area contributed by atoms with Crippen LogP contribution in [-0.4, -0.2) is 12.1 Å². The van der Waals surface area contributed by atoms with E-state index in [9.17, 15) is 13.6 Å². The predicted octanol–water partition coefficient (Wildman–Crippen LogP) is 4.92. The number of rotatable bonds is 3. The third-order valence-electron chi connectivity index (χ3n) is 5.38. The van der Waals surface area contributed by atoms with Gasteiger partial charge in [-0.05, 0) is 41.0 Å². The minimum atomic E-state index is -0.624. The zero-order valence-electron chi connectivity index (χ0n) is 15.4. The highest BCUT2D eigenvalue weighted by molar-refractivity contribution is 6.12. The molecule has 144 valence electrons. The number of nitrogens with zero attached hydrogens (tertiary/aromatic N) is 2. The van der Waals surface area contributed by atoms with Gasteiger partial charge in [-0.1, -0.05) is 30.3 Å². The summed E-state index contributed by atoms with van der Waals surface area (Å²) in [5.41, 5.74) is 4.47. The molecule has 6 heteroatoms. The lowest BCUT2D eigenvalue weighted by Crippen LogP contribution is -2.15. The van der Waals surface area contributed by atoms with E-state index in [1.807, 2.05) is 17.0 Å². The maximum atomic E-state index is 14.7. The summed E-state index contributed by atoms with van der Waals surface area (Å²) in [7, 11) is 0. The molecule has 2 aliphatic rings. The Kier molecular flexibility index (Phi) is 4.12. The molecule has 0 saturated carbocycles. The first-order valence-electron chi connectivity index (χ1n) is 9.34. The van der Waals surface area contributed by atoms with Crippen molar-refractivity contribution in [2.24, 2.45) is 4.99 Å². The maximum Gasteiger partial charge on any atom is 0.237 e. The minimum absolute atomic E-state index is 0.277. The summed E-state index contributed by atoms with van der Waals surface area (Å²) in [5, 5.41) is 2.64. The van der Waals surface area contributed by atoms with Crippen molar-refractivity contribution in [3.63, 3.8) is 0 Å². The molecule has 29 heavy (non-hydrogen) atoms. The molecule has 1 atom stereocenters. The first-order chi connectivity index (χ1) is 14.1. The molecule has 0 bridgehead atoms. The van der Waals surface area contributed by atoms with E-state index < -0.39 is 11.7 Å². The highest BCUT2D eigenvalue weighted by atomic mass is 19.1. The van der Waals surface area contributed by atoms with Gasteiger partial charge in [0, 0.05) is 31.1 Å². The van der Waals surface area contributed by atoms with E-state index in [0.29, 0.717) is 35.7 Å². The first kappa shape index (κ1) is 17.6. The second-order valence-corrected chi connectivity index (χ2v) is 7.24. The number of aliphatic imine (C=N–C) groups is 1. The number of amides is 1. The third kappa shape index (κ3) is 3.16. The molecule has 2 aliphatic heterocycles. The summed E-state index contributed by atoms with van der Waals surface area (Å²) in [6.07, 6.45) is 1.47. The van der Waals surface area contributed by atoms with Crippen LogP contribution in [0.5, 0.6) is 0 Å². The molecule has 0 aliphatic carbocycles. The molecule has 1 unspecified atom stereocenters. The van der Waals surface area contributed by atoms with E-state index in [1.165, 1.54) is 35.5 Å². The maximum absolute atomic E-state index is 14.7. The number of nitrogens with one attached hydrogen (secondary N) is 1. The van der Waals surface area contributed by atoms with Crippen LogP contribution in [0.4, 0.5) is 25.8 Å². The third-order valence-corrected chi connectivity index (χ3v) is 5.38. The quantitative estimate of drug-likeness (QED) is 0.646. The smallest absolute Gasteiger partial charge is 0.237 e. The van der Waals surface area contributed by atoms with Crippen molar-refractivity contribution in [3.05, 3.63) is 89.0 Å². The number of anilines is 2. The van der Waals surface area contributed by atoms with Crippen molar-refractivity contribution in [1.82, 2.24) is 0 Å². The number of carbonyl (C=O) groups is 1. The van der Waals surface area contributed by atoms with Gasteiger partial charge in [-0.15, -0.1) is 0 Å². The number of benzene rings is 3. The lowest BCUT2D eigenvalue weighted by molar-refractivity contribution is -0.115. The van der Waals surface area contributed by atoms with Crippen LogP contribution in [0.2, 0.25) is 0 Å². The van der Waals surface area contributed by atoms with E-state index in [2.05, 4.69) is 22.4 Å². The van der Waals surface area contributed by atoms with Gasteiger partial charge in [-0.2, -0.15) is 0 Å². The number of hydrogen-bond acceptors (Lipinski definition) is 3. The highest BCUT2D eigenvalue weighted by Gasteiger charge is 2.29. The van der Waals surface area contributed by atoms with Crippen molar-refractivity contribution in [3.8, 4) is 0 Å². The standard InChI is InChI=1S/C23H17F2N3O/c24-16-5-7-18-19(23(29)27-21(18)9-16)11-26-17-6-8-22(20(25)10-17)28-12-14-3-1-2-4-15(14)13-28/h1-11,19H,12-13H2,(H,27,29). The molecule has 1 N–H and O–H groups in total. The van der Waals surface area contributed by atoms with Crippen molar-refractivity contribution in [2.45, 2.75) is 19.0 Å². The van der Waals surface area contributed by atoms with Gasteiger partial charge >= 0.3 is 0 Å². The second-order valence-electron chi connectivity index (χ2n) is 7.24. The van der Waals surface area contributed by atoms with Crippen LogP contribution >= 0.6 is 0 Å². The summed E-state index contributed by atoms with van der Waals surface area (Å²) < 4.78 is 28.1. The predicted molar refractivity (Wildman–Crippen MR) is 109 cm³/mol. The largest absolute Gasteiger partial charge is 0.360 e. The SMILES string of the molecule is O=C1Nc2cc(F)ccc2C1C=Nc1ccc(N2Cc3ccccc3C2)c(F)c1. The average molecular weight is 389 g/mol. The monoisotopic (exact) mass is 389 g/mol. The second kappa shape index (κ2) is 6.81. The van der Waals surface area contributed by atoms with Crippen LogP contribution in [0.25, 0.3) is 0 Å². The van der Waals surface area contributed by atoms with Gasteiger partial charge in [0.25, 0.3) is 0 Å². The van der Waals surface area contributed by atoms with Gasteiger partial charge in [-0.25, -0.2) is 8.78 Å². The van der Waals surface area contributed by atoms with Gasteiger partial charge in [0.2, 0.25) is 5.91 Å². The molecule has 0 fully saturated rings. The van der Waals surface area contributed by atoms with Crippen LogP contribution in [0.3, 0.4) is 0 Å². The van der Waals surface area contributed by atoms with Gasteiger partial charge in [0.05, 0.1) is 11.4 Å². The molecule has 3 aromatic rings. The Morgan fingerprint density at radius 3 is 2.48 bits per heavy atom. The molecular formula is C23H17F2N3O. The Morgan fingerprint density at radius 1 is 1.00 bits per heavy atom. The Balaban J connectivity index is 1.36. The molecule has 1 amide bonds.